The van der Waals surface area contributed by atoms with E-state index in [1.54, 1.807) is 6.92 Å². The third-order valence-corrected chi connectivity index (χ3v) is 3.67. The summed E-state index contributed by atoms with van der Waals surface area (Å²) in [7, 11) is 0. The van der Waals surface area contributed by atoms with E-state index < -0.39 is 48.8 Å². The highest BCUT2D eigenvalue weighted by Crippen LogP contribution is 2.44. The third kappa shape index (κ3) is 2.73. The smallest absolute Gasteiger partial charge is 0.422 e. The minimum atomic E-state index is -4.65. The van der Waals surface area contributed by atoms with Crippen molar-refractivity contribution < 1.29 is 37.1 Å². The van der Waals surface area contributed by atoms with Gasteiger partial charge in [-0.1, -0.05) is 6.92 Å². The highest BCUT2D eigenvalue weighted by molar-refractivity contribution is 5.96. The summed E-state index contributed by atoms with van der Waals surface area (Å²) >= 11 is 0. The van der Waals surface area contributed by atoms with Crippen LogP contribution in [0.25, 0.3) is 0 Å². The average molecular weight is 297 g/mol. The van der Waals surface area contributed by atoms with Gasteiger partial charge in [0.15, 0.2) is 12.5 Å². The van der Waals surface area contributed by atoms with Crippen LogP contribution in [0, 0.1) is 17.8 Å². The van der Waals surface area contributed by atoms with Gasteiger partial charge in [0.05, 0.1) is 0 Å². The van der Waals surface area contributed by atoms with Crippen LogP contribution in [0.1, 0.15) is 13.3 Å². The number of rotatable bonds is 3. The molecule has 6 nitrogen and oxygen atoms in total. The number of esters is 2. The summed E-state index contributed by atoms with van der Waals surface area (Å²) in [6.07, 6.45) is -5.54. The molecule has 2 bridgehead atoms. The first-order valence-electron chi connectivity index (χ1n) is 6.04. The Morgan fingerprint density at radius 2 is 2.15 bits per heavy atom. The second-order valence-corrected chi connectivity index (χ2v) is 5.08. The number of nitrogens with two attached hydrogens (primary N) is 1. The molecule has 1 aliphatic carbocycles. The van der Waals surface area contributed by atoms with Gasteiger partial charge in [0.25, 0.3) is 0 Å². The lowest BCUT2D eigenvalue weighted by Gasteiger charge is -2.32. The van der Waals surface area contributed by atoms with Crippen LogP contribution in [0.2, 0.25) is 0 Å². The fraction of sp³-hybridized carbons (Fsp3) is 0.818. The van der Waals surface area contributed by atoms with E-state index in [1.165, 1.54) is 0 Å². The predicted octanol–water partition coefficient (Wildman–Crippen LogP) is 0.548. The van der Waals surface area contributed by atoms with E-state index in [0.717, 1.165) is 0 Å². The van der Waals surface area contributed by atoms with Gasteiger partial charge in [-0.2, -0.15) is 13.2 Å². The minimum Gasteiger partial charge on any atom is -0.459 e. The average Bonchev–Trinajstić information content (AvgIpc) is 2.56. The van der Waals surface area contributed by atoms with Crippen LogP contribution in [0.4, 0.5) is 13.2 Å². The number of ether oxygens (including phenoxy) is 2. The molecule has 0 spiro atoms. The normalized spacial score (nSPS) is 36.6. The highest BCUT2D eigenvalue weighted by atomic mass is 19.4. The summed E-state index contributed by atoms with van der Waals surface area (Å²) in [5.41, 5.74) is 0. The van der Waals surface area contributed by atoms with Gasteiger partial charge in [-0.3, -0.25) is 14.4 Å². The van der Waals surface area contributed by atoms with E-state index in [0.29, 0.717) is 6.42 Å². The van der Waals surface area contributed by atoms with Crippen molar-refractivity contribution in [3.8, 4) is 0 Å². The summed E-state index contributed by atoms with van der Waals surface area (Å²) in [6, 6.07) is 0. The number of carbonyl (C=O) groups is 2. The van der Waals surface area contributed by atoms with Crippen molar-refractivity contribution in [3.05, 3.63) is 0 Å². The summed E-state index contributed by atoms with van der Waals surface area (Å²) in [5, 5.41) is 0. The lowest BCUT2D eigenvalue weighted by atomic mass is 9.87. The zero-order chi connectivity index (χ0) is 15.1. The van der Waals surface area contributed by atoms with E-state index in [2.05, 4.69) is 4.74 Å². The molecular weight excluding hydrogens is 283 g/mol. The second kappa shape index (κ2) is 5.21. The number of hydrogen-bond acceptors (Lipinski definition) is 6. The van der Waals surface area contributed by atoms with Gasteiger partial charge in [0.1, 0.15) is 12.2 Å². The Balaban J connectivity index is 2.10. The van der Waals surface area contributed by atoms with Crippen LogP contribution in [0.15, 0.2) is 0 Å². The largest absolute Gasteiger partial charge is 0.459 e. The minimum absolute atomic E-state index is 0.0853. The molecule has 1 aliphatic heterocycles. The SMILES string of the molecule is CC1CC2C(C(=O)OCC(F)(F)F)C(=O)OC1C2ON. The molecule has 0 radical (unpaired) electrons. The molecule has 1 saturated carbocycles. The topological polar surface area (TPSA) is 87.9 Å². The van der Waals surface area contributed by atoms with Gasteiger partial charge in [0, 0.05) is 5.92 Å². The first-order valence-corrected chi connectivity index (χ1v) is 6.04. The van der Waals surface area contributed by atoms with Gasteiger partial charge in [-0.25, -0.2) is 5.90 Å². The maximum atomic E-state index is 12.0. The predicted molar refractivity (Wildman–Crippen MR) is 56.7 cm³/mol. The number of hydrogen-bond donors (Lipinski definition) is 1. The number of carbonyl (C=O) groups excluding carboxylic acids is 2. The maximum absolute atomic E-state index is 12.0. The van der Waals surface area contributed by atoms with Crippen molar-refractivity contribution in [2.24, 2.45) is 23.7 Å². The van der Waals surface area contributed by atoms with Crippen LogP contribution in [-0.4, -0.2) is 36.9 Å². The molecule has 0 aromatic carbocycles. The molecule has 5 atom stereocenters. The Hall–Kier alpha value is -1.35. The van der Waals surface area contributed by atoms with E-state index in [9.17, 15) is 22.8 Å². The quantitative estimate of drug-likeness (QED) is 0.465. The number of halogens is 3. The molecule has 5 unspecified atom stereocenters. The molecule has 1 heterocycles. The second-order valence-electron chi connectivity index (χ2n) is 5.08. The van der Waals surface area contributed by atoms with Crippen molar-refractivity contribution >= 4 is 11.9 Å². The first-order chi connectivity index (χ1) is 9.24. The van der Waals surface area contributed by atoms with Crippen LogP contribution in [0.5, 0.6) is 0 Å². The molecular formula is C11H14F3NO5. The Morgan fingerprint density at radius 1 is 1.50 bits per heavy atom. The lowest BCUT2D eigenvalue weighted by Crippen LogP contribution is -2.50. The molecule has 2 rings (SSSR count). The van der Waals surface area contributed by atoms with Gasteiger partial charge < -0.3 is 9.47 Å². The molecule has 2 N–H and O–H groups in total. The van der Waals surface area contributed by atoms with Crippen molar-refractivity contribution in [2.75, 3.05) is 6.61 Å². The Morgan fingerprint density at radius 3 is 2.70 bits per heavy atom. The summed E-state index contributed by atoms with van der Waals surface area (Å²) in [6.45, 7) is 0.0445. The molecule has 0 aromatic heterocycles. The zero-order valence-electron chi connectivity index (χ0n) is 10.6. The standard InChI is InChI=1S/C11H14F3NO5/c1-4-2-5-6(9(16)18-3-11(12,13)14)10(17)19-7(4)8(5)20-15/h4-8H,2-3,15H2,1H3. The molecule has 114 valence electrons. The number of fused-ring (bicyclic) bond motifs is 2. The molecule has 0 aromatic rings. The molecule has 2 aliphatic rings. The van der Waals surface area contributed by atoms with Crippen molar-refractivity contribution in [2.45, 2.75) is 31.7 Å². The van der Waals surface area contributed by atoms with Gasteiger partial charge >= 0.3 is 18.1 Å². The Bertz CT molecular complexity index is 413. The molecule has 1 saturated heterocycles. The monoisotopic (exact) mass is 297 g/mol. The van der Waals surface area contributed by atoms with Crippen LogP contribution in [-0.2, 0) is 23.9 Å². The third-order valence-electron chi connectivity index (χ3n) is 3.67. The maximum Gasteiger partial charge on any atom is 0.422 e. The molecule has 20 heavy (non-hydrogen) atoms. The van der Waals surface area contributed by atoms with Crippen molar-refractivity contribution in [3.63, 3.8) is 0 Å². The van der Waals surface area contributed by atoms with E-state index in [-0.39, 0.29) is 5.92 Å². The fourth-order valence-electron chi connectivity index (χ4n) is 2.85. The summed E-state index contributed by atoms with van der Waals surface area (Å²) in [5.74, 6) is 0.840. The van der Waals surface area contributed by atoms with Crippen LogP contribution >= 0.6 is 0 Å². The summed E-state index contributed by atoms with van der Waals surface area (Å²) < 4.78 is 45.3. The van der Waals surface area contributed by atoms with Crippen LogP contribution in [0.3, 0.4) is 0 Å². The van der Waals surface area contributed by atoms with Gasteiger partial charge in [-0.15, -0.1) is 0 Å². The number of alkyl halides is 3. The van der Waals surface area contributed by atoms with Crippen LogP contribution < -0.4 is 5.90 Å². The Kier molecular flexibility index (Phi) is 3.92. The van der Waals surface area contributed by atoms with Gasteiger partial charge in [-0.05, 0) is 12.3 Å². The first kappa shape index (κ1) is 15.0. The van der Waals surface area contributed by atoms with Gasteiger partial charge in [0.2, 0.25) is 0 Å². The van der Waals surface area contributed by atoms with E-state index >= 15 is 0 Å². The van der Waals surface area contributed by atoms with E-state index in [4.69, 9.17) is 15.5 Å². The Labute approximate surface area is 112 Å². The van der Waals surface area contributed by atoms with Crippen molar-refractivity contribution in [1.29, 1.82) is 0 Å². The van der Waals surface area contributed by atoms with E-state index in [1.807, 2.05) is 0 Å². The highest BCUT2D eigenvalue weighted by Gasteiger charge is 2.57. The zero-order valence-corrected chi connectivity index (χ0v) is 10.6. The summed E-state index contributed by atoms with van der Waals surface area (Å²) in [4.78, 5) is 28.1. The molecule has 9 heteroatoms. The molecule has 0 amide bonds. The molecule has 2 fully saturated rings. The lowest BCUT2D eigenvalue weighted by molar-refractivity contribution is -0.203. The van der Waals surface area contributed by atoms with Crippen molar-refractivity contribution in [1.82, 2.24) is 0 Å². The fourth-order valence-corrected chi connectivity index (χ4v) is 2.85.